The average Bonchev–Trinajstić information content (AvgIpc) is 3.19. The Labute approximate surface area is 176 Å². The highest BCUT2D eigenvalue weighted by molar-refractivity contribution is 5.92. The maximum Gasteiger partial charge on any atom is 0.248 e. The number of amides is 1. The lowest BCUT2D eigenvalue weighted by Gasteiger charge is -2.17. The Morgan fingerprint density at radius 1 is 0.900 bits per heavy atom. The summed E-state index contributed by atoms with van der Waals surface area (Å²) in [6.07, 6.45) is 2.10. The molecule has 0 atom stereocenters. The second-order valence-corrected chi connectivity index (χ2v) is 7.38. The highest BCUT2D eigenvalue weighted by Crippen LogP contribution is 2.25. The molecule has 150 valence electrons. The van der Waals surface area contributed by atoms with E-state index in [-0.39, 0.29) is 0 Å². The van der Waals surface area contributed by atoms with Crippen molar-refractivity contribution in [3.05, 3.63) is 108 Å². The summed E-state index contributed by atoms with van der Waals surface area (Å²) in [5.41, 5.74) is 11.2. The fourth-order valence-corrected chi connectivity index (χ4v) is 3.51. The fourth-order valence-electron chi connectivity index (χ4n) is 3.51. The monoisotopic (exact) mass is 396 g/mol. The molecule has 4 aromatic rings. The minimum Gasteiger partial charge on any atom is -0.366 e. The van der Waals surface area contributed by atoms with E-state index < -0.39 is 5.91 Å². The van der Waals surface area contributed by atoms with Crippen molar-refractivity contribution in [2.75, 3.05) is 7.05 Å². The zero-order chi connectivity index (χ0) is 20.9. The van der Waals surface area contributed by atoms with E-state index in [0.717, 1.165) is 41.2 Å². The first-order valence-corrected chi connectivity index (χ1v) is 9.87. The number of hydrogen-bond acceptors (Lipinski definition) is 3. The molecule has 3 aromatic carbocycles. The Morgan fingerprint density at radius 3 is 2.17 bits per heavy atom. The van der Waals surface area contributed by atoms with Crippen molar-refractivity contribution in [1.82, 2.24) is 14.7 Å². The van der Waals surface area contributed by atoms with E-state index in [1.165, 1.54) is 0 Å². The Hall–Kier alpha value is -3.70. The van der Waals surface area contributed by atoms with Crippen molar-refractivity contribution in [2.24, 2.45) is 5.73 Å². The maximum absolute atomic E-state index is 11.3. The molecule has 1 heterocycles. The summed E-state index contributed by atoms with van der Waals surface area (Å²) in [6.45, 7) is 1.50. The van der Waals surface area contributed by atoms with Crippen LogP contribution in [0, 0.1) is 0 Å². The van der Waals surface area contributed by atoms with Crippen LogP contribution < -0.4 is 5.73 Å². The summed E-state index contributed by atoms with van der Waals surface area (Å²) in [7, 11) is 2.08. The maximum atomic E-state index is 11.3. The van der Waals surface area contributed by atoms with Gasteiger partial charge in [-0.3, -0.25) is 9.69 Å². The number of nitrogens with zero attached hydrogens (tertiary/aromatic N) is 3. The van der Waals surface area contributed by atoms with Crippen LogP contribution in [-0.4, -0.2) is 27.6 Å². The number of para-hydroxylation sites is 1. The van der Waals surface area contributed by atoms with E-state index in [1.807, 2.05) is 53.2 Å². The molecule has 1 aromatic heterocycles. The van der Waals surface area contributed by atoms with Crippen LogP contribution in [0.2, 0.25) is 0 Å². The number of rotatable bonds is 7. The van der Waals surface area contributed by atoms with Crippen molar-refractivity contribution in [1.29, 1.82) is 0 Å². The van der Waals surface area contributed by atoms with Gasteiger partial charge >= 0.3 is 0 Å². The molecule has 5 heteroatoms. The highest BCUT2D eigenvalue weighted by atomic mass is 16.1. The SMILES string of the molecule is CN(Cc1ccc(C(N)=O)cc1)Cc1cn(-c2ccccc2)nc1-c1ccccc1. The summed E-state index contributed by atoms with van der Waals surface area (Å²) < 4.78 is 1.94. The quantitative estimate of drug-likeness (QED) is 0.507. The molecule has 1 amide bonds. The van der Waals surface area contributed by atoms with Gasteiger partial charge in [0.25, 0.3) is 0 Å². The van der Waals surface area contributed by atoms with Gasteiger partial charge < -0.3 is 5.73 Å². The molecule has 0 saturated carbocycles. The fraction of sp³-hybridized carbons (Fsp3) is 0.120. The molecule has 2 N–H and O–H groups in total. The third-order valence-corrected chi connectivity index (χ3v) is 4.99. The number of carbonyl (C=O) groups is 1. The zero-order valence-corrected chi connectivity index (χ0v) is 16.9. The van der Waals surface area contributed by atoms with Crippen LogP contribution in [0.3, 0.4) is 0 Å². The van der Waals surface area contributed by atoms with Gasteiger partial charge in [0.2, 0.25) is 5.91 Å². The first-order valence-electron chi connectivity index (χ1n) is 9.87. The first kappa shape index (κ1) is 19.6. The Balaban J connectivity index is 1.59. The largest absolute Gasteiger partial charge is 0.366 e. The molecule has 0 unspecified atom stereocenters. The van der Waals surface area contributed by atoms with Crippen molar-refractivity contribution >= 4 is 5.91 Å². The number of nitrogens with two attached hydrogens (primary N) is 1. The van der Waals surface area contributed by atoms with E-state index in [2.05, 4.69) is 42.4 Å². The topological polar surface area (TPSA) is 64.2 Å². The lowest BCUT2D eigenvalue weighted by Crippen LogP contribution is -2.17. The molecule has 0 spiro atoms. The molecule has 0 saturated heterocycles. The van der Waals surface area contributed by atoms with Crippen LogP contribution in [0.4, 0.5) is 0 Å². The summed E-state index contributed by atoms with van der Waals surface area (Å²) >= 11 is 0. The normalized spacial score (nSPS) is 11.0. The van der Waals surface area contributed by atoms with E-state index in [1.54, 1.807) is 12.1 Å². The van der Waals surface area contributed by atoms with Gasteiger partial charge in [-0.15, -0.1) is 0 Å². The molecule has 4 rings (SSSR count). The van der Waals surface area contributed by atoms with E-state index >= 15 is 0 Å². The van der Waals surface area contributed by atoms with Crippen molar-refractivity contribution in [3.63, 3.8) is 0 Å². The minimum atomic E-state index is -0.407. The Kier molecular flexibility index (Phi) is 5.72. The molecule has 5 nitrogen and oxygen atoms in total. The van der Waals surface area contributed by atoms with Gasteiger partial charge in [0.1, 0.15) is 0 Å². The van der Waals surface area contributed by atoms with Gasteiger partial charge in [-0.1, -0.05) is 60.7 Å². The van der Waals surface area contributed by atoms with E-state index in [4.69, 9.17) is 10.8 Å². The lowest BCUT2D eigenvalue weighted by molar-refractivity contribution is 0.100. The molecule has 0 radical (unpaired) electrons. The second kappa shape index (κ2) is 8.76. The van der Waals surface area contributed by atoms with Crippen molar-refractivity contribution in [2.45, 2.75) is 13.1 Å². The number of benzene rings is 3. The second-order valence-electron chi connectivity index (χ2n) is 7.38. The van der Waals surface area contributed by atoms with Crippen LogP contribution in [-0.2, 0) is 13.1 Å². The van der Waals surface area contributed by atoms with Gasteiger partial charge in [0.15, 0.2) is 0 Å². The van der Waals surface area contributed by atoms with Crippen LogP contribution in [0.15, 0.2) is 91.1 Å². The number of aromatic nitrogens is 2. The molecule has 0 aliphatic rings. The summed E-state index contributed by atoms with van der Waals surface area (Å²) in [5.74, 6) is -0.407. The lowest BCUT2D eigenvalue weighted by atomic mass is 10.1. The smallest absolute Gasteiger partial charge is 0.248 e. The van der Waals surface area contributed by atoms with Crippen molar-refractivity contribution in [3.8, 4) is 16.9 Å². The summed E-state index contributed by atoms with van der Waals surface area (Å²) in [5, 5.41) is 4.88. The van der Waals surface area contributed by atoms with Gasteiger partial charge in [0, 0.05) is 36.0 Å². The average molecular weight is 396 g/mol. The summed E-state index contributed by atoms with van der Waals surface area (Å²) in [6, 6.07) is 27.8. The van der Waals surface area contributed by atoms with Crippen LogP contribution in [0.25, 0.3) is 16.9 Å². The van der Waals surface area contributed by atoms with Gasteiger partial charge in [0.05, 0.1) is 11.4 Å². The number of primary amides is 1. The molecule has 0 bridgehead atoms. The highest BCUT2D eigenvalue weighted by Gasteiger charge is 2.14. The zero-order valence-electron chi connectivity index (χ0n) is 16.9. The molecule has 30 heavy (non-hydrogen) atoms. The molecule has 0 fully saturated rings. The van der Waals surface area contributed by atoms with Gasteiger partial charge in [-0.2, -0.15) is 5.10 Å². The standard InChI is InChI=1S/C25H24N4O/c1-28(16-19-12-14-21(15-13-19)25(26)30)17-22-18-29(23-10-6-3-7-11-23)27-24(22)20-8-4-2-5-9-20/h2-15,18H,16-17H2,1H3,(H2,26,30). The molecule has 0 aliphatic heterocycles. The molecular formula is C25H24N4O. The van der Waals surface area contributed by atoms with E-state index in [0.29, 0.717) is 5.56 Å². The first-order chi connectivity index (χ1) is 14.6. The number of hydrogen-bond donors (Lipinski definition) is 1. The summed E-state index contributed by atoms with van der Waals surface area (Å²) in [4.78, 5) is 13.5. The third kappa shape index (κ3) is 4.47. The van der Waals surface area contributed by atoms with Crippen LogP contribution >= 0.6 is 0 Å². The van der Waals surface area contributed by atoms with Gasteiger partial charge in [-0.05, 0) is 36.9 Å². The predicted octanol–water partition coefficient (Wildman–Crippen LogP) is 4.27. The number of carbonyl (C=O) groups excluding carboxylic acids is 1. The van der Waals surface area contributed by atoms with E-state index in [9.17, 15) is 4.79 Å². The Bertz CT molecular complexity index is 1120. The van der Waals surface area contributed by atoms with Crippen LogP contribution in [0.1, 0.15) is 21.5 Å². The van der Waals surface area contributed by atoms with Crippen LogP contribution in [0.5, 0.6) is 0 Å². The van der Waals surface area contributed by atoms with Crippen molar-refractivity contribution < 1.29 is 4.79 Å². The van der Waals surface area contributed by atoms with Gasteiger partial charge in [-0.25, -0.2) is 4.68 Å². The Morgan fingerprint density at radius 2 is 1.53 bits per heavy atom. The predicted molar refractivity (Wildman–Crippen MR) is 119 cm³/mol. The minimum absolute atomic E-state index is 0.407. The molecule has 0 aliphatic carbocycles. The third-order valence-electron chi connectivity index (χ3n) is 4.99. The molecular weight excluding hydrogens is 372 g/mol.